The van der Waals surface area contributed by atoms with Gasteiger partial charge in [0.15, 0.2) is 0 Å². The molecule has 1 unspecified atom stereocenters. The fourth-order valence-electron chi connectivity index (χ4n) is 4.26. The van der Waals surface area contributed by atoms with E-state index in [4.69, 9.17) is 5.73 Å². The Kier molecular flexibility index (Phi) is 6.02. The standard InChI is InChI=1S/C25H31FN2/c1-5-23(28-16-18(3)27)21-13-14-25(4,20-7-6-8-20)22(24(21)26)15-19-11-9-17(2)10-12-19/h5,9-13,16,20H,3,6-8,14-15,27H2,1-2,4H3/b23-5-,28-16?. The number of halogens is 1. The van der Waals surface area contributed by atoms with Crippen LogP contribution in [0.25, 0.3) is 0 Å². The van der Waals surface area contributed by atoms with E-state index in [1.165, 1.54) is 31.0 Å². The summed E-state index contributed by atoms with van der Waals surface area (Å²) in [6, 6.07) is 8.43. The minimum absolute atomic E-state index is 0.117. The van der Waals surface area contributed by atoms with Crippen LogP contribution < -0.4 is 5.73 Å². The quantitative estimate of drug-likeness (QED) is 0.576. The number of nitrogens with zero attached hydrogens (tertiary/aromatic N) is 1. The largest absolute Gasteiger partial charge is 0.398 e. The highest BCUT2D eigenvalue weighted by atomic mass is 19.1. The Hall–Kier alpha value is -2.42. The van der Waals surface area contributed by atoms with Crippen LogP contribution in [0.4, 0.5) is 4.39 Å². The maximum absolute atomic E-state index is 15.9. The van der Waals surface area contributed by atoms with E-state index >= 15 is 4.39 Å². The number of benzene rings is 1. The lowest BCUT2D eigenvalue weighted by Crippen LogP contribution is -2.37. The molecule has 0 radical (unpaired) electrons. The molecule has 1 atom stereocenters. The van der Waals surface area contributed by atoms with Gasteiger partial charge >= 0.3 is 0 Å². The zero-order valence-corrected chi connectivity index (χ0v) is 17.3. The molecule has 1 aromatic carbocycles. The second kappa shape index (κ2) is 8.30. The van der Waals surface area contributed by atoms with Gasteiger partial charge in [-0.1, -0.05) is 61.9 Å². The Labute approximate surface area is 168 Å². The topological polar surface area (TPSA) is 38.4 Å². The monoisotopic (exact) mass is 378 g/mol. The number of allylic oxidation sites excluding steroid dienone is 5. The molecule has 0 bridgehead atoms. The van der Waals surface area contributed by atoms with Crippen molar-refractivity contribution < 1.29 is 4.39 Å². The van der Waals surface area contributed by atoms with Crippen molar-refractivity contribution in [1.82, 2.24) is 0 Å². The Morgan fingerprint density at radius 3 is 2.54 bits per heavy atom. The zero-order valence-electron chi connectivity index (χ0n) is 17.3. The van der Waals surface area contributed by atoms with Crippen LogP contribution in [0.2, 0.25) is 0 Å². The predicted octanol–water partition coefficient (Wildman–Crippen LogP) is 6.34. The summed E-state index contributed by atoms with van der Waals surface area (Å²) >= 11 is 0. The van der Waals surface area contributed by atoms with E-state index < -0.39 is 0 Å². The van der Waals surface area contributed by atoms with Crippen LogP contribution >= 0.6 is 0 Å². The Bertz CT molecular complexity index is 866. The predicted molar refractivity (Wildman–Crippen MR) is 117 cm³/mol. The van der Waals surface area contributed by atoms with Gasteiger partial charge in [0.25, 0.3) is 0 Å². The van der Waals surface area contributed by atoms with Gasteiger partial charge in [0.05, 0.1) is 5.70 Å². The summed E-state index contributed by atoms with van der Waals surface area (Å²) in [4.78, 5) is 4.36. The van der Waals surface area contributed by atoms with Gasteiger partial charge in [-0.2, -0.15) is 0 Å². The van der Waals surface area contributed by atoms with Crippen LogP contribution in [0, 0.1) is 18.3 Å². The molecule has 2 aliphatic carbocycles. The highest BCUT2D eigenvalue weighted by molar-refractivity contribution is 5.78. The van der Waals surface area contributed by atoms with Crippen LogP contribution in [0.1, 0.15) is 50.7 Å². The van der Waals surface area contributed by atoms with E-state index in [1.54, 1.807) is 0 Å². The molecule has 3 heteroatoms. The van der Waals surface area contributed by atoms with Gasteiger partial charge in [-0.15, -0.1) is 0 Å². The maximum Gasteiger partial charge on any atom is 0.132 e. The van der Waals surface area contributed by atoms with Crippen LogP contribution in [-0.2, 0) is 6.42 Å². The van der Waals surface area contributed by atoms with Crippen molar-refractivity contribution in [2.45, 2.75) is 52.9 Å². The number of hydrogen-bond donors (Lipinski definition) is 1. The second-order valence-corrected chi connectivity index (χ2v) is 8.33. The molecule has 2 nitrogen and oxygen atoms in total. The normalized spacial score (nSPS) is 23.7. The molecule has 1 fully saturated rings. The van der Waals surface area contributed by atoms with Crippen molar-refractivity contribution in [1.29, 1.82) is 0 Å². The van der Waals surface area contributed by atoms with Crippen molar-refractivity contribution in [3.8, 4) is 0 Å². The molecule has 0 amide bonds. The minimum Gasteiger partial charge on any atom is -0.398 e. The molecule has 1 aromatic rings. The molecule has 2 aliphatic rings. The molecule has 0 aliphatic heterocycles. The van der Waals surface area contributed by atoms with Gasteiger partial charge in [-0.25, -0.2) is 4.39 Å². The molecule has 0 saturated heterocycles. The molecule has 1 saturated carbocycles. The minimum atomic E-state index is -0.128. The van der Waals surface area contributed by atoms with E-state index in [0.717, 1.165) is 17.6 Å². The zero-order chi connectivity index (χ0) is 20.3. The van der Waals surface area contributed by atoms with Gasteiger partial charge in [0, 0.05) is 17.5 Å². The first-order chi connectivity index (χ1) is 13.3. The van der Waals surface area contributed by atoms with Crippen LogP contribution in [0.3, 0.4) is 0 Å². The first-order valence-corrected chi connectivity index (χ1v) is 10.2. The molecular weight excluding hydrogens is 347 g/mol. The van der Waals surface area contributed by atoms with Crippen molar-refractivity contribution in [3.63, 3.8) is 0 Å². The molecule has 28 heavy (non-hydrogen) atoms. The number of nitrogens with two attached hydrogens (primary N) is 1. The highest BCUT2D eigenvalue weighted by Crippen LogP contribution is 2.54. The van der Waals surface area contributed by atoms with Gasteiger partial charge in [0.2, 0.25) is 0 Å². The lowest BCUT2D eigenvalue weighted by atomic mass is 9.58. The van der Waals surface area contributed by atoms with Crippen LogP contribution in [0.5, 0.6) is 0 Å². The number of rotatable bonds is 6. The van der Waals surface area contributed by atoms with E-state index in [9.17, 15) is 0 Å². The molecule has 0 spiro atoms. The van der Waals surface area contributed by atoms with E-state index in [2.05, 4.69) is 49.7 Å². The summed E-state index contributed by atoms with van der Waals surface area (Å²) in [7, 11) is 0. The Morgan fingerprint density at radius 1 is 1.32 bits per heavy atom. The van der Waals surface area contributed by atoms with E-state index in [-0.39, 0.29) is 11.2 Å². The summed E-state index contributed by atoms with van der Waals surface area (Å²) < 4.78 is 15.9. The van der Waals surface area contributed by atoms with Gasteiger partial charge < -0.3 is 5.73 Å². The molecule has 148 valence electrons. The highest BCUT2D eigenvalue weighted by Gasteiger charge is 2.44. The van der Waals surface area contributed by atoms with Crippen molar-refractivity contribution in [3.05, 3.63) is 82.5 Å². The summed E-state index contributed by atoms with van der Waals surface area (Å²) in [6.07, 6.45) is 10.5. The van der Waals surface area contributed by atoms with Crippen molar-refractivity contribution >= 4 is 6.21 Å². The molecular formula is C25H31FN2. The number of aryl methyl sites for hydroxylation is 1. The van der Waals surface area contributed by atoms with Crippen molar-refractivity contribution in [2.24, 2.45) is 22.1 Å². The summed E-state index contributed by atoms with van der Waals surface area (Å²) in [5.74, 6) is 0.437. The fraction of sp³-hybridized carbons (Fsp3) is 0.400. The molecule has 3 rings (SSSR count). The maximum atomic E-state index is 15.9. The average molecular weight is 379 g/mol. The third kappa shape index (κ3) is 4.04. The summed E-state index contributed by atoms with van der Waals surface area (Å²) in [5, 5.41) is 0. The lowest BCUT2D eigenvalue weighted by molar-refractivity contribution is 0.132. The van der Waals surface area contributed by atoms with Crippen LogP contribution in [0.15, 0.2) is 76.4 Å². The molecule has 2 N–H and O–H groups in total. The van der Waals surface area contributed by atoms with E-state index in [1.807, 2.05) is 19.1 Å². The Morgan fingerprint density at radius 2 is 2.00 bits per heavy atom. The smallest absolute Gasteiger partial charge is 0.132 e. The van der Waals surface area contributed by atoms with E-state index in [0.29, 0.717) is 29.3 Å². The SMILES string of the molecule is C=C(N)C=N/C(=C\C)C1=CCC(C)(C2CCC2)C(Cc2ccc(C)cc2)=C1F. The third-order valence-corrected chi connectivity index (χ3v) is 6.35. The van der Waals surface area contributed by atoms with Gasteiger partial charge in [-0.05, 0) is 62.0 Å². The summed E-state index contributed by atoms with van der Waals surface area (Å²) in [6.45, 7) is 9.84. The average Bonchev–Trinajstić information content (AvgIpc) is 2.60. The molecule has 0 heterocycles. The number of hydrogen-bond acceptors (Lipinski definition) is 2. The first kappa shape index (κ1) is 20.3. The van der Waals surface area contributed by atoms with Crippen molar-refractivity contribution in [2.75, 3.05) is 0 Å². The fourth-order valence-corrected chi connectivity index (χ4v) is 4.26. The van der Waals surface area contributed by atoms with Gasteiger partial charge in [-0.3, -0.25) is 4.99 Å². The first-order valence-electron chi connectivity index (χ1n) is 10.2. The third-order valence-electron chi connectivity index (χ3n) is 6.35. The molecule has 0 aromatic heterocycles. The Balaban J connectivity index is 2.01. The summed E-state index contributed by atoms with van der Waals surface area (Å²) in [5.41, 5.74) is 10.3. The second-order valence-electron chi connectivity index (χ2n) is 8.33. The lowest BCUT2D eigenvalue weighted by Gasteiger charge is -2.46. The van der Waals surface area contributed by atoms with Gasteiger partial charge in [0.1, 0.15) is 5.83 Å². The number of aliphatic imine (C=N–C) groups is 1. The van der Waals surface area contributed by atoms with Crippen LogP contribution in [-0.4, -0.2) is 6.21 Å².